The van der Waals surface area contributed by atoms with Gasteiger partial charge in [-0.3, -0.25) is 4.98 Å². The third-order valence-electron chi connectivity index (χ3n) is 4.18. The summed E-state index contributed by atoms with van der Waals surface area (Å²) >= 11 is 5.57. The van der Waals surface area contributed by atoms with Gasteiger partial charge in [-0.15, -0.1) is 0 Å². The molecule has 1 aliphatic rings. The standard InChI is InChI=1S/C18H16N4OS/c23-15-9-2-1-8-14(15)22-17(13-7-5-11-20-13)16(21-18(22)24)12-6-3-4-10-19-12/h1-11,16-17,20,23H,(H,21,24). The van der Waals surface area contributed by atoms with E-state index >= 15 is 0 Å². The van der Waals surface area contributed by atoms with Gasteiger partial charge in [0.1, 0.15) is 11.8 Å². The Labute approximate surface area is 145 Å². The average Bonchev–Trinajstić information content (AvgIpc) is 3.24. The Morgan fingerprint density at radius 3 is 2.58 bits per heavy atom. The number of hydrogen-bond donors (Lipinski definition) is 3. The van der Waals surface area contributed by atoms with Crippen molar-refractivity contribution in [1.29, 1.82) is 0 Å². The van der Waals surface area contributed by atoms with E-state index in [0.29, 0.717) is 10.8 Å². The minimum atomic E-state index is -0.129. The lowest BCUT2D eigenvalue weighted by Crippen LogP contribution is -2.29. The van der Waals surface area contributed by atoms with Crippen LogP contribution in [0.5, 0.6) is 5.75 Å². The lowest BCUT2D eigenvalue weighted by atomic mass is 10.0. The van der Waals surface area contributed by atoms with Crippen LogP contribution in [0.15, 0.2) is 67.0 Å². The number of hydrogen-bond acceptors (Lipinski definition) is 3. The molecule has 1 aliphatic heterocycles. The Morgan fingerprint density at radius 1 is 1.04 bits per heavy atom. The first-order valence-electron chi connectivity index (χ1n) is 7.67. The summed E-state index contributed by atoms with van der Waals surface area (Å²) in [5.41, 5.74) is 2.58. The smallest absolute Gasteiger partial charge is 0.174 e. The van der Waals surface area contributed by atoms with E-state index in [9.17, 15) is 5.11 Å². The fourth-order valence-electron chi connectivity index (χ4n) is 3.13. The van der Waals surface area contributed by atoms with Crippen molar-refractivity contribution in [2.75, 3.05) is 4.90 Å². The maximum atomic E-state index is 10.3. The van der Waals surface area contributed by atoms with E-state index in [-0.39, 0.29) is 17.8 Å². The normalized spacial score (nSPS) is 20.2. The third-order valence-corrected chi connectivity index (χ3v) is 4.49. The minimum Gasteiger partial charge on any atom is -0.506 e. The molecule has 3 N–H and O–H groups in total. The largest absolute Gasteiger partial charge is 0.506 e. The van der Waals surface area contributed by atoms with Gasteiger partial charge in [0.25, 0.3) is 0 Å². The van der Waals surface area contributed by atoms with Gasteiger partial charge in [-0.05, 0) is 48.6 Å². The van der Waals surface area contributed by atoms with E-state index in [1.165, 1.54) is 0 Å². The van der Waals surface area contributed by atoms with Gasteiger partial charge in [-0.1, -0.05) is 18.2 Å². The number of pyridine rings is 1. The van der Waals surface area contributed by atoms with Gasteiger partial charge in [0.05, 0.1) is 17.4 Å². The summed E-state index contributed by atoms with van der Waals surface area (Å²) in [4.78, 5) is 9.69. The van der Waals surface area contributed by atoms with Crippen LogP contribution in [0.3, 0.4) is 0 Å². The molecule has 2 aromatic heterocycles. The summed E-state index contributed by atoms with van der Waals surface area (Å²) < 4.78 is 0. The summed E-state index contributed by atoms with van der Waals surface area (Å²) in [6.07, 6.45) is 3.66. The van der Waals surface area contributed by atoms with Crippen LogP contribution >= 0.6 is 12.2 Å². The zero-order chi connectivity index (χ0) is 16.5. The van der Waals surface area contributed by atoms with Crippen molar-refractivity contribution in [2.45, 2.75) is 12.1 Å². The molecule has 0 radical (unpaired) electrons. The van der Waals surface area contributed by atoms with E-state index in [1.807, 2.05) is 53.6 Å². The van der Waals surface area contributed by atoms with Gasteiger partial charge in [0.15, 0.2) is 5.11 Å². The molecule has 3 heterocycles. The SMILES string of the molecule is Oc1ccccc1N1C(=S)NC(c2ccccn2)C1c1ccc[nH]1. The summed E-state index contributed by atoms with van der Waals surface area (Å²) in [7, 11) is 0. The summed E-state index contributed by atoms with van der Waals surface area (Å²) in [6, 6.07) is 16.8. The van der Waals surface area contributed by atoms with Crippen LogP contribution in [0.25, 0.3) is 0 Å². The van der Waals surface area contributed by atoms with Gasteiger partial charge < -0.3 is 20.3 Å². The lowest BCUT2D eigenvalue weighted by molar-refractivity contribution is 0.472. The maximum absolute atomic E-state index is 10.3. The Morgan fingerprint density at radius 2 is 1.88 bits per heavy atom. The number of rotatable bonds is 3. The first kappa shape index (κ1) is 14.7. The predicted octanol–water partition coefficient (Wildman–Crippen LogP) is 3.29. The van der Waals surface area contributed by atoms with Crippen molar-refractivity contribution < 1.29 is 5.11 Å². The number of anilines is 1. The van der Waals surface area contributed by atoms with Crippen molar-refractivity contribution in [3.8, 4) is 5.75 Å². The second-order valence-corrected chi connectivity index (χ2v) is 6.00. The average molecular weight is 336 g/mol. The van der Waals surface area contributed by atoms with Crippen molar-refractivity contribution >= 4 is 23.0 Å². The molecule has 1 fully saturated rings. The first-order chi connectivity index (χ1) is 11.8. The van der Waals surface area contributed by atoms with Crippen molar-refractivity contribution in [2.24, 2.45) is 0 Å². The van der Waals surface area contributed by atoms with Crippen LogP contribution < -0.4 is 10.2 Å². The lowest BCUT2D eigenvalue weighted by Gasteiger charge is -2.27. The molecular formula is C18H16N4OS. The van der Waals surface area contributed by atoms with E-state index < -0.39 is 0 Å². The molecule has 1 saturated heterocycles. The quantitative estimate of drug-likeness (QED) is 0.641. The molecule has 0 aliphatic carbocycles. The molecule has 0 bridgehead atoms. The number of aromatic hydroxyl groups is 1. The highest BCUT2D eigenvalue weighted by Crippen LogP contribution is 2.43. The fourth-order valence-corrected chi connectivity index (χ4v) is 3.47. The van der Waals surface area contributed by atoms with Crippen LogP contribution in [0, 0.1) is 0 Å². The maximum Gasteiger partial charge on any atom is 0.174 e. The van der Waals surface area contributed by atoms with E-state index in [0.717, 1.165) is 11.4 Å². The van der Waals surface area contributed by atoms with E-state index in [2.05, 4.69) is 15.3 Å². The zero-order valence-electron chi connectivity index (χ0n) is 12.8. The molecule has 0 amide bonds. The molecule has 24 heavy (non-hydrogen) atoms. The zero-order valence-corrected chi connectivity index (χ0v) is 13.6. The van der Waals surface area contributed by atoms with Crippen molar-refractivity contribution in [1.82, 2.24) is 15.3 Å². The van der Waals surface area contributed by atoms with Crippen molar-refractivity contribution in [3.05, 3.63) is 78.4 Å². The van der Waals surface area contributed by atoms with Gasteiger partial charge >= 0.3 is 0 Å². The minimum absolute atomic E-state index is 0.114. The third kappa shape index (κ3) is 2.41. The van der Waals surface area contributed by atoms with Crippen LogP contribution in [0.1, 0.15) is 23.5 Å². The highest BCUT2D eigenvalue weighted by molar-refractivity contribution is 7.80. The monoisotopic (exact) mass is 336 g/mol. The fraction of sp³-hybridized carbons (Fsp3) is 0.111. The van der Waals surface area contributed by atoms with Crippen LogP contribution in [-0.4, -0.2) is 20.2 Å². The molecule has 2 unspecified atom stereocenters. The molecule has 6 heteroatoms. The Kier molecular flexibility index (Phi) is 3.66. The molecule has 4 rings (SSSR count). The number of benzene rings is 1. The Bertz CT molecular complexity index is 850. The topological polar surface area (TPSA) is 64.2 Å². The highest BCUT2D eigenvalue weighted by Gasteiger charge is 2.41. The molecule has 3 aromatic rings. The molecule has 0 spiro atoms. The van der Waals surface area contributed by atoms with Gasteiger partial charge in [0, 0.05) is 18.1 Å². The second kappa shape index (κ2) is 5.98. The summed E-state index contributed by atoms with van der Waals surface area (Å²) in [5.74, 6) is 0.194. The van der Waals surface area contributed by atoms with Gasteiger partial charge in [-0.25, -0.2) is 0 Å². The molecule has 0 saturated carbocycles. The number of nitrogens with one attached hydrogen (secondary N) is 2. The number of phenols is 1. The second-order valence-electron chi connectivity index (χ2n) is 5.61. The highest BCUT2D eigenvalue weighted by atomic mass is 32.1. The Balaban J connectivity index is 1.84. The Hall–Kier alpha value is -2.86. The molecular weight excluding hydrogens is 320 g/mol. The van der Waals surface area contributed by atoms with Crippen LogP contribution in [0.2, 0.25) is 0 Å². The number of thiocarbonyl (C=S) groups is 1. The number of nitrogens with zero attached hydrogens (tertiary/aromatic N) is 2. The molecule has 1 aromatic carbocycles. The van der Waals surface area contributed by atoms with Gasteiger partial charge in [-0.2, -0.15) is 0 Å². The molecule has 120 valence electrons. The van der Waals surface area contributed by atoms with Crippen LogP contribution in [-0.2, 0) is 0 Å². The number of aromatic nitrogens is 2. The van der Waals surface area contributed by atoms with E-state index in [4.69, 9.17) is 12.2 Å². The first-order valence-corrected chi connectivity index (χ1v) is 8.08. The number of para-hydroxylation sites is 2. The number of phenolic OH excluding ortho intramolecular Hbond substituents is 1. The molecule has 5 nitrogen and oxygen atoms in total. The van der Waals surface area contributed by atoms with Crippen molar-refractivity contribution in [3.63, 3.8) is 0 Å². The predicted molar refractivity (Wildman–Crippen MR) is 96.8 cm³/mol. The number of aromatic amines is 1. The summed E-state index contributed by atoms with van der Waals surface area (Å²) in [5, 5.41) is 14.2. The number of H-pyrrole nitrogens is 1. The molecule has 2 atom stereocenters. The summed E-state index contributed by atoms with van der Waals surface area (Å²) in [6.45, 7) is 0. The van der Waals surface area contributed by atoms with E-state index in [1.54, 1.807) is 18.3 Å². The van der Waals surface area contributed by atoms with Gasteiger partial charge in [0.2, 0.25) is 0 Å². The van der Waals surface area contributed by atoms with Crippen LogP contribution in [0.4, 0.5) is 5.69 Å².